The number of phenols is 1. The summed E-state index contributed by atoms with van der Waals surface area (Å²) in [4.78, 5) is 51.9. The lowest BCUT2D eigenvalue weighted by atomic mass is 9.57. The second-order valence-electron chi connectivity index (χ2n) is 12.8. The predicted molar refractivity (Wildman–Crippen MR) is 173 cm³/mol. The van der Waals surface area contributed by atoms with Crippen LogP contribution in [0.25, 0.3) is 6.08 Å². The quantitative estimate of drug-likeness (QED) is 0.0782. The summed E-state index contributed by atoms with van der Waals surface area (Å²) < 4.78 is 78.4. The third kappa shape index (κ3) is 4.84. The van der Waals surface area contributed by atoms with Crippen molar-refractivity contribution >= 4 is 58.6 Å². The molecule has 2 heterocycles. The van der Waals surface area contributed by atoms with Gasteiger partial charge in [0.2, 0.25) is 17.6 Å². The number of halogens is 7. The van der Waals surface area contributed by atoms with Gasteiger partial charge in [-0.3, -0.25) is 24.1 Å². The molecular weight excluding hydrogens is 722 g/mol. The number of benzene rings is 3. The number of anilines is 1. The van der Waals surface area contributed by atoms with Crippen LogP contribution in [0.4, 0.5) is 27.6 Å². The van der Waals surface area contributed by atoms with Gasteiger partial charge in [0.15, 0.2) is 44.5 Å². The summed E-state index contributed by atoms with van der Waals surface area (Å²) in [7, 11) is 1.31. The van der Waals surface area contributed by atoms with Crippen molar-refractivity contribution in [3.05, 3.63) is 106 Å². The van der Waals surface area contributed by atoms with E-state index in [0.717, 1.165) is 4.90 Å². The number of nitrogens with zero attached hydrogens (tertiary/aromatic N) is 2. The predicted octanol–water partition coefficient (Wildman–Crippen LogP) is 6.41. The molecule has 4 amide bonds. The van der Waals surface area contributed by atoms with Crippen LogP contribution in [-0.2, 0) is 25.7 Å². The van der Waals surface area contributed by atoms with Gasteiger partial charge in [-0.1, -0.05) is 60.2 Å². The van der Waals surface area contributed by atoms with Gasteiger partial charge in [-0.2, -0.15) is 0 Å². The molecule has 6 atom stereocenters. The van der Waals surface area contributed by atoms with Gasteiger partial charge in [-0.05, 0) is 42.0 Å². The summed E-state index contributed by atoms with van der Waals surface area (Å²) in [5.74, 6) is -21.0. The van der Waals surface area contributed by atoms with Gasteiger partial charge in [0, 0.05) is 5.92 Å². The molecule has 8 nitrogen and oxygen atoms in total. The third-order valence-electron chi connectivity index (χ3n) is 10.2. The van der Waals surface area contributed by atoms with Gasteiger partial charge in [0.1, 0.15) is 5.69 Å². The summed E-state index contributed by atoms with van der Waals surface area (Å²) in [6, 6.07) is 12.9. The average Bonchev–Trinajstić information content (AvgIpc) is 3.44. The third-order valence-corrected chi connectivity index (χ3v) is 11.7. The van der Waals surface area contributed by atoms with Crippen LogP contribution in [0.5, 0.6) is 11.5 Å². The van der Waals surface area contributed by atoms with Crippen molar-refractivity contribution < 1.29 is 51.0 Å². The molecule has 1 saturated carbocycles. The van der Waals surface area contributed by atoms with Gasteiger partial charge < -0.3 is 9.84 Å². The Morgan fingerprint density at radius 2 is 1.53 bits per heavy atom. The fourth-order valence-electron chi connectivity index (χ4n) is 7.81. The maximum atomic E-state index is 15.2. The highest BCUT2D eigenvalue weighted by Gasteiger charge is 2.76. The molecule has 264 valence electrons. The number of carbonyl (C=O) groups is 4. The number of hydrogen-bond acceptors (Lipinski definition) is 6. The second-order valence-corrected chi connectivity index (χ2v) is 14.0. The van der Waals surface area contributed by atoms with E-state index in [1.54, 1.807) is 36.4 Å². The van der Waals surface area contributed by atoms with Crippen molar-refractivity contribution in [1.29, 1.82) is 0 Å². The number of amides is 4. The SMILES string of the molecule is COc1cc(C=C[C@H]2C3=CC[C@@H]4C(=O)N(Cc5ccccc5)C(=O)[C@@H]4[C@@H]3C[C@@]3(Cl)C(=O)N(c4c(F)c(F)c(F)c(F)c4F)C(=O)[C@@]23Cl)ccc1O. The van der Waals surface area contributed by atoms with Crippen LogP contribution in [0.15, 0.2) is 66.3 Å². The molecule has 2 aliphatic carbocycles. The van der Waals surface area contributed by atoms with E-state index in [4.69, 9.17) is 27.9 Å². The number of methoxy groups -OCH3 is 1. The van der Waals surface area contributed by atoms with Crippen molar-refractivity contribution in [2.75, 3.05) is 12.0 Å². The Bertz CT molecular complexity index is 2090. The van der Waals surface area contributed by atoms with Crippen LogP contribution in [0.1, 0.15) is 24.0 Å². The molecule has 3 fully saturated rings. The van der Waals surface area contributed by atoms with E-state index in [-0.39, 0.29) is 29.4 Å². The number of rotatable bonds is 6. The molecule has 1 N–H and O–H groups in total. The Labute approximate surface area is 296 Å². The van der Waals surface area contributed by atoms with Crippen LogP contribution < -0.4 is 9.64 Å². The zero-order valence-electron chi connectivity index (χ0n) is 26.3. The molecule has 51 heavy (non-hydrogen) atoms. The number of allylic oxidation sites excluding steroid dienone is 3. The Kier molecular flexibility index (Phi) is 8.29. The van der Waals surface area contributed by atoms with Gasteiger partial charge in [-0.15, -0.1) is 23.2 Å². The molecule has 0 unspecified atom stereocenters. The minimum absolute atomic E-state index is 0.0233. The summed E-state index contributed by atoms with van der Waals surface area (Å²) in [6.45, 7) is -0.0452. The first-order valence-corrected chi connectivity index (χ1v) is 16.4. The van der Waals surface area contributed by atoms with E-state index >= 15 is 8.78 Å². The molecule has 15 heteroatoms. The lowest BCUT2D eigenvalue weighted by molar-refractivity contribution is -0.141. The molecule has 4 aliphatic rings. The largest absolute Gasteiger partial charge is 0.504 e. The summed E-state index contributed by atoms with van der Waals surface area (Å²) in [5, 5.41) is 10.1. The van der Waals surface area contributed by atoms with Gasteiger partial charge >= 0.3 is 0 Å². The highest BCUT2D eigenvalue weighted by Crippen LogP contribution is 2.64. The minimum atomic E-state index is -2.63. The summed E-state index contributed by atoms with van der Waals surface area (Å²) >= 11 is 14.2. The molecule has 2 saturated heterocycles. The standard InChI is InChI=1S/C36H25Cl2F5N2O6/c1-51-23-13-16(8-12-22(23)46)7-11-21-18-9-10-19-24(32(48)44(31(19)47)15-17-5-3-2-4-6-17)20(18)14-35(37)33(49)45(34(50)36(21,35)38)30-28(42)26(40)25(39)27(41)29(30)43/h2-9,11-13,19-21,24,46H,10,14-15H2,1H3/t19-,20+,21-,24-,35+,36-/m0/s1. The van der Waals surface area contributed by atoms with Gasteiger partial charge in [0.25, 0.3) is 11.8 Å². The maximum Gasteiger partial charge on any atom is 0.258 e. The highest BCUT2D eigenvalue weighted by atomic mass is 35.5. The lowest BCUT2D eigenvalue weighted by Crippen LogP contribution is -2.60. The lowest BCUT2D eigenvalue weighted by Gasteiger charge is -2.49. The Balaban J connectivity index is 1.38. The number of phenolic OH excluding ortho intramolecular Hbond substituents is 1. The maximum absolute atomic E-state index is 15.2. The number of alkyl halides is 2. The molecular formula is C36H25Cl2F5N2O6. The molecule has 7 rings (SSSR count). The minimum Gasteiger partial charge on any atom is -0.504 e. The van der Waals surface area contributed by atoms with E-state index in [0.29, 0.717) is 16.7 Å². The van der Waals surface area contributed by atoms with Crippen LogP contribution in [0, 0.1) is 52.8 Å². The fourth-order valence-corrected chi connectivity index (χ4v) is 8.70. The van der Waals surface area contributed by atoms with Crippen LogP contribution in [0.2, 0.25) is 0 Å². The molecule has 0 spiro atoms. The highest BCUT2D eigenvalue weighted by molar-refractivity contribution is 6.58. The van der Waals surface area contributed by atoms with Crippen molar-refractivity contribution in [3.63, 3.8) is 0 Å². The van der Waals surface area contributed by atoms with E-state index in [9.17, 15) is 37.5 Å². The monoisotopic (exact) mass is 746 g/mol. The van der Waals surface area contributed by atoms with E-state index in [1.165, 1.54) is 37.5 Å². The van der Waals surface area contributed by atoms with Crippen molar-refractivity contribution in [1.82, 2.24) is 4.90 Å². The van der Waals surface area contributed by atoms with E-state index < -0.39 is 98.2 Å². The van der Waals surface area contributed by atoms with Crippen LogP contribution in [-0.4, -0.2) is 50.5 Å². The molecule has 3 aromatic rings. The number of imide groups is 2. The van der Waals surface area contributed by atoms with Gasteiger partial charge in [-0.25, -0.2) is 26.9 Å². The summed E-state index contributed by atoms with van der Waals surface area (Å²) in [5.41, 5.74) is -0.482. The average molecular weight is 748 g/mol. The topological polar surface area (TPSA) is 104 Å². The fraction of sp³-hybridized carbons (Fsp3) is 0.278. The number of aromatic hydroxyl groups is 1. The molecule has 0 radical (unpaired) electrons. The van der Waals surface area contributed by atoms with Crippen molar-refractivity contribution in [3.8, 4) is 11.5 Å². The van der Waals surface area contributed by atoms with Crippen molar-refractivity contribution in [2.45, 2.75) is 29.1 Å². The number of ether oxygens (including phenoxy) is 1. The zero-order valence-corrected chi connectivity index (χ0v) is 27.8. The Morgan fingerprint density at radius 1 is 0.882 bits per heavy atom. The van der Waals surface area contributed by atoms with Crippen LogP contribution >= 0.6 is 23.2 Å². The van der Waals surface area contributed by atoms with E-state index in [1.807, 2.05) is 0 Å². The normalized spacial score (nSPS) is 28.7. The number of carbonyl (C=O) groups excluding carboxylic acids is 4. The van der Waals surface area contributed by atoms with Crippen molar-refractivity contribution in [2.24, 2.45) is 23.7 Å². The molecule has 2 aliphatic heterocycles. The molecule has 3 aromatic carbocycles. The number of hydrogen-bond donors (Lipinski definition) is 1. The first-order valence-electron chi connectivity index (χ1n) is 15.6. The molecule has 0 bridgehead atoms. The van der Waals surface area contributed by atoms with Gasteiger partial charge in [0.05, 0.1) is 25.5 Å². The Hall–Kier alpha value is -4.75. The first kappa shape index (κ1) is 34.7. The summed E-state index contributed by atoms with van der Waals surface area (Å²) in [6.07, 6.45) is 3.83. The Morgan fingerprint density at radius 3 is 2.18 bits per heavy atom. The second kappa shape index (κ2) is 12.2. The first-order chi connectivity index (χ1) is 24.2. The number of fused-ring (bicyclic) bond motifs is 4. The molecule has 0 aromatic heterocycles. The smallest absolute Gasteiger partial charge is 0.258 e. The van der Waals surface area contributed by atoms with E-state index in [2.05, 4.69) is 0 Å². The van der Waals surface area contributed by atoms with Crippen LogP contribution in [0.3, 0.4) is 0 Å². The zero-order chi connectivity index (χ0) is 36.7. The number of likely N-dealkylation sites (tertiary alicyclic amines) is 1.